The highest BCUT2D eigenvalue weighted by Crippen LogP contribution is 2.48. The molecule has 1 aromatic heterocycles. The molecule has 3 rings (SSSR count). The molecule has 5 heteroatoms. The van der Waals surface area contributed by atoms with E-state index >= 15 is 0 Å². The SMILES string of the molecule is CCCCCNc1nc(SCCN)cc(C2CC[C@H]2c2ccccc2)n1. The lowest BCUT2D eigenvalue weighted by atomic mass is 9.68. The van der Waals surface area contributed by atoms with E-state index in [1.165, 1.54) is 36.9 Å². The van der Waals surface area contributed by atoms with E-state index in [-0.39, 0.29) is 0 Å². The maximum absolute atomic E-state index is 5.68. The van der Waals surface area contributed by atoms with Gasteiger partial charge in [-0.1, -0.05) is 50.1 Å². The number of nitrogens with one attached hydrogen (secondary N) is 1. The zero-order valence-corrected chi connectivity index (χ0v) is 16.5. The van der Waals surface area contributed by atoms with E-state index in [9.17, 15) is 0 Å². The van der Waals surface area contributed by atoms with E-state index in [2.05, 4.69) is 48.6 Å². The Morgan fingerprint density at radius 3 is 2.62 bits per heavy atom. The molecular formula is C21H30N4S. The van der Waals surface area contributed by atoms with Gasteiger partial charge in [0.15, 0.2) is 0 Å². The van der Waals surface area contributed by atoms with Crippen molar-refractivity contribution in [2.24, 2.45) is 5.73 Å². The quantitative estimate of drug-likeness (QED) is 0.358. The molecule has 1 saturated carbocycles. The first-order valence-corrected chi connectivity index (χ1v) is 10.8. The highest BCUT2D eigenvalue weighted by molar-refractivity contribution is 7.99. The molecule has 0 saturated heterocycles. The average molecular weight is 371 g/mol. The Bertz CT molecular complexity index is 677. The van der Waals surface area contributed by atoms with Crippen LogP contribution in [0.2, 0.25) is 0 Å². The normalized spacial score (nSPS) is 19.2. The van der Waals surface area contributed by atoms with E-state index in [0.29, 0.717) is 18.4 Å². The van der Waals surface area contributed by atoms with Crippen LogP contribution in [0.1, 0.15) is 62.1 Å². The first kappa shape index (κ1) is 19.2. The Morgan fingerprint density at radius 2 is 1.92 bits per heavy atom. The monoisotopic (exact) mass is 370 g/mol. The second-order valence-electron chi connectivity index (χ2n) is 6.93. The molecular weight excluding hydrogens is 340 g/mol. The lowest BCUT2D eigenvalue weighted by Crippen LogP contribution is -2.23. The van der Waals surface area contributed by atoms with Crippen molar-refractivity contribution in [3.05, 3.63) is 47.7 Å². The Hall–Kier alpha value is -1.59. The fourth-order valence-electron chi connectivity index (χ4n) is 3.48. The largest absolute Gasteiger partial charge is 0.354 e. The molecule has 1 aliphatic carbocycles. The number of nitrogens with zero attached hydrogens (tertiary/aromatic N) is 2. The Morgan fingerprint density at radius 1 is 1.12 bits per heavy atom. The van der Waals surface area contributed by atoms with Gasteiger partial charge in [-0.15, -0.1) is 11.8 Å². The zero-order chi connectivity index (χ0) is 18.2. The van der Waals surface area contributed by atoms with Crippen LogP contribution in [-0.4, -0.2) is 28.8 Å². The summed E-state index contributed by atoms with van der Waals surface area (Å²) in [5.74, 6) is 2.73. The zero-order valence-electron chi connectivity index (χ0n) is 15.7. The van der Waals surface area contributed by atoms with Gasteiger partial charge in [0.05, 0.1) is 5.69 Å². The van der Waals surface area contributed by atoms with Gasteiger partial charge in [0.1, 0.15) is 5.03 Å². The van der Waals surface area contributed by atoms with Gasteiger partial charge in [0, 0.05) is 24.8 Å². The first-order valence-electron chi connectivity index (χ1n) is 9.82. The molecule has 26 heavy (non-hydrogen) atoms. The fourth-order valence-corrected chi connectivity index (χ4v) is 4.16. The summed E-state index contributed by atoms with van der Waals surface area (Å²) in [6.07, 6.45) is 6.06. The predicted molar refractivity (Wildman–Crippen MR) is 111 cm³/mol. The molecule has 1 unspecified atom stereocenters. The fraction of sp³-hybridized carbons (Fsp3) is 0.524. The van der Waals surface area contributed by atoms with Gasteiger partial charge >= 0.3 is 0 Å². The lowest BCUT2D eigenvalue weighted by Gasteiger charge is -2.37. The minimum absolute atomic E-state index is 0.494. The summed E-state index contributed by atoms with van der Waals surface area (Å²) < 4.78 is 0. The summed E-state index contributed by atoms with van der Waals surface area (Å²) in [5.41, 5.74) is 8.29. The third-order valence-corrected chi connectivity index (χ3v) is 5.98. The van der Waals surface area contributed by atoms with E-state index in [4.69, 9.17) is 15.7 Å². The molecule has 140 valence electrons. The Balaban J connectivity index is 1.76. The molecule has 1 aliphatic rings. The van der Waals surface area contributed by atoms with Crippen LogP contribution in [0, 0.1) is 0 Å². The molecule has 1 fully saturated rings. The van der Waals surface area contributed by atoms with Gasteiger partial charge in [-0.3, -0.25) is 0 Å². The van der Waals surface area contributed by atoms with Crippen LogP contribution in [0.4, 0.5) is 5.95 Å². The summed E-state index contributed by atoms with van der Waals surface area (Å²) in [6.45, 7) is 3.82. The van der Waals surface area contributed by atoms with Crippen LogP contribution in [0.25, 0.3) is 0 Å². The summed E-state index contributed by atoms with van der Waals surface area (Å²) in [4.78, 5) is 9.56. The number of nitrogens with two attached hydrogens (primary N) is 1. The second kappa shape index (κ2) is 9.93. The molecule has 2 atom stereocenters. The van der Waals surface area contributed by atoms with Crippen molar-refractivity contribution in [2.75, 3.05) is 24.2 Å². The van der Waals surface area contributed by atoms with Crippen molar-refractivity contribution >= 4 is 17.7 Å². The third kappa shape index (κ3) is 4.98. The molecule has 1 heterocycles. The van der Waals surface area contributed by atoms with Gasteiger partial charge < -0.3 is 11.1 Å². The molecule has 1 aromatic carbocycles. The second-order valence-corrected chi connectivity index (χ2v) is 8.04. The highest BCUT2D eigenvalue weighted by Gasteiger charge is 2.34. The van der Waals surface area contributed by atoms with Crippen molar-refractivity contribution in [3.63, 3.8) is 0 Å². The molecule has 0 bridgehead atoms. The van der Waals surface area contributed by atoms with Crippen molar-refractivity contribution < 1.29 is 0 Å². The van der Waals surface area contributed by atoms with Crippen LogP contribution in [0.3, 0.4) is 0 Å². The van der Waals surface area contributed by atoms with Crippen molar-refractivity contribution in [1.29, 1.82) is 0 Å². The molecule has 0 aliphatic heterocycles. The van der Waals surface area contributed by atoms with Crippen LogP contribution in [0.15, 0.2) is 41.4 Å². The number of unbranched alkanes of at least 4 members (excludes halogenated alkanes) is 2. The topological polar surface area (TPSA) is 63.8 Å². The van der Waals surface area contributed by atoms with Crippen LogP contribution in [0.5, 0.6) is 0 Å². The summed E-state index contributed by atoms with van der Waals surface area (Å²) in [6, 6.07) is 13.0. The van der Waals surface area contributed by atoms with Crippen molar-refractivity contribution in [2.45, 2.75) is 55.9 Å². The van der Waals surface area contributed by atoms with Gasteiger partial charge in [0.2, 0.25) is 5.95 Å². The standard InChI is InChI=1S/C21H30N4S/c1-2-3-7-13-23-21-24-19(15-20(25-21)26-14-12-22)18-11-10-17(18)16-8-5-4-6-9-16/h4-6,8-9,15,17-18H,2-3,7,10-14,22H2,1H3,(H,23,24,25)/t17-,18?/m0/s1. The molecule has 4 nitrogen and oxygen atoms in total. The molecule has 0 amide bonds. The Kier molecular flexibility index (Phi) is 7.32. The number of hydrogen-bond acceptors (Lipinski definition) is 5. The number of rotatable bonds is 10. The van der Waals surface area contributed by atoms with Crippen molar-refractivity contribution in [1.82, 2.24) is 9.97 Å². The highest BCUT2D eigenvalue weighted by atomic mass is 32.2. The number of anilines is 1. The maximum atomic E-state index is 5.68. The number of aromatic nitrogens is 2. The van der Waals surface area contributed by atoms with Crippen LogP contribution >= 0.6 is 11.8 Å². The first-order chi connectivity index (χ1) is 12.8. The molecule has 2 aromatic rings. The minimum Gasteiger partial charge on any atom is -0.354 e. The third-order valence-electron chi connectivity index (χ3n) is 5.04. The Labute approximate surface area is 161 Å². The number of thioether (sulfide) groups is 1. The van der Waals surface area contributed by atoms with Crippen molar-refractivity contribution in [3.8, 4) is 0 Å². The number of benzene rings is 1. The molecule has 0 radical (unpaired) electrons. The van der Waals surface area contributed by atoms with Gasteiger partial charge in [-0.25, -0.2) is 9.97 Å². The average Bonchev–Trinajstić information content (AvgIpc) is 2.63. The van der Waals surface area contributed by atoms with Gasteiger partial charge in [-0.05, 0) is 36.8 Å². The maximum Gasteiger partial charge on any atom is 0.223 e. The summed E-state index contributed by atoms with van der Waals surface area (Å²) in [5, 5.41) is 4.47. The minimum atomic E-state index is 0.494. The summed E-state index contributed by atoms with van der Waals surface area (Å²) >= 11 is 1.73. The van der Waals surface area contributed by atoms with Gasteiger partial charge in [0.25, 0.3) is 0 Å². The van der Waals surface area contributed by atoms with Gasteiger partial charge in [-0.2, -0.15) is 0 Å². The smallest absolute Gasteiger partial charge is 0.223 e. The molecule has 0 spiro atoms. The molecule has 3 N–H and O–H groups in total. The van der Waals surface area contributed by atoms with E-state index in [1.54, 1.807) is 11.8 Å². The van der Waals surface area contributed by atoms with E-state index in [1.807, 2.05) is 0 Å². The summed E-state index contributed by atoms with van der Waals surface area (Å²) in [7, 11) is 0. The van der Waals surface area contributed by atoms with E-state index < -0.39 is 0 Å². The predicted octanol–water partition coefficient (Wildman–Crippen LogP) is 4.79. The lowest BCUT2D eigenvalue weighted by molar-refractivity contribution is 0.339. The van der Waals surface area contributed by atoms with Crippen LogP contribution in [-0.2, 0) is 0 Å². The van der Waals surface area contributed by atoms with E-state index in [0.717, 1.165) is 29.7 Å². The number of hydrogen-bond donors (Lipinski definition) is 2. The van der Waals surface area contributed by atoms with Crippen LogP contribution < -0.4 is 11.1 Å².